The third-order valence-electron chi connectivity index (χ3n) is 3.42. The summed E-state index contributed by atoms with van der Waals surface area (Å²) in [6, 6.07) is 0. The van der Waals surface area contributed by atoms with E-state index in [0.717, 1.165) is 36.9 Å². The molecule has 0 unspecified atom stereocenters. The standard InChI is InChI=1S/C14H22BrN5O/c1-2-16-14-18-10-11(15)13(19-14)17-7-6-12(21)20-8-4-3-5-9-20/h10H,2-9H2,1H3,(H2,16,17,18,19). The quantitative estimate of drug-likeness (QED) is 0.820. The fourth-order valence-corrected chi connectivity index (χ4v) is 2.65. The number of carbonyl (C=O) groups is 1. The van der Waals surface area contributed by atoms with E-state index >= 15 is 0 Å². The first-order valence-corrected chi connectivity index (χ1v) is 8.28. The summed E-state index contributed by atoms with van der Waals surface area (Å²) in [5.74, 6) is 1.53. The fraction of sp³-hybridized carbons (Fsp3) is 0.643. The number of aromatic nitrogens is 2. The van der Waals surface area contributed by atoms with Gasteiger partial charge < -0.3 is 15.5 Å². The number of rotatable bonds is 6. The number of anilines is 2. The maximum Gasteiger partial charge on any atom is 0.224 e. The minimum Gasteiger partial charge on any atom is -0.368 e. The number of piperidine rings is 1. The summed E-state index contributed by atoms with van der Waals surface area (Å²) in [5, 5.41) is 6.26. The predicted octanol–water partition coefficient (Wildman–Crippen LogP) is 2.49. The van der Waals surface area contributed by atoms with Crippen molar-refractivity contribution >= 4 is 33.6 Å². The molecule has 21 heavy (non-hydrogen) atoms. The Bertz CT molecular complexity index is 476. The highest BCUT2D eigenvalue weighted by Gasteiger charge is 2.16. The van der Waals surface area contributed by atoms with Crippen LogP contribution in [0, 0.1) is 0 Å². The van der Waals surface area contributed by atoms with Crippen LogP contribution in [-0.4, -0.2) is 47.0 Å². The van der Waals surface area contributed by atoms with Gasteiger partial charge in [-0.25, -0.2) is 4.98 Å². The van der Waals surface area contributed by atoms with Crippen LogP contribution in [0.25, 0.3) is 0 Å². The number of likely N-dealkylation sites (tertiary alicyclic amines) is 1. The van der Waals surface area contributed by atoms with E-state index in [0.29, 0.717) is 24.7 Å². The molecule has 1 aromatic rings. The molecule has 2 heterocycles. The second-order valence-corrected chi connectivity index (χ2v) is 5.89. The molecule has 0 bridgehead atoms. The van der Waals surface area contributed by atoms with Gasteiger partial charge in [-0.05, 0) is 42.1 Å². The predicted molar refractivity (Wildman–Crippen MR) is 87.4 cm³/mol. The van der Waals surface area contributed by atoms with Crippen LogP contribution < -0.4 is 10.6 Å². The minimum absolute atomic E-state index is 0.222. The van der Waals surface area contributed by atoms with Crippen LogP contribution in [0.5, 0.6) is 0 Å². The Morgan fingerprint density at radius 2 is 2.10 bits per heavy atom. The summed E-state index contributed by atoms with van der Waals surface area (Å²) in [4.78, 5) is 22.6. The van der Waals surface area contributed by atoms with E-state index in [9.17, 15) is 4.79 Å². The summed E-state index contributed by atoms with van der Waals surface area (Å²) < 4.78 is 0.801. The third kappa shape index (κ3) is 4.84. The highest BCUT2D eigenvalue weighted by atomic mass is 79.9. The molecule has 7 heteroatoms. The summed E-state index contributed by atoms with van der Waals surface area (Å²) in [6.07, 6.45) is 5.70. The zero-order chi connectivity index (χ0) is 15.1. The Kier molecular flexibility index (Phi) is 6.22. The van der Waals surface area contributed by atoms with Crippen LogP contribution in [-0.2, 0) is 4.79 Å². The van der Waals surface area contributed by atoms with E-state index in [1.807, 2.05) is 11.8 Å². The van der Waals surface area contributed by atoms with Crippen molar-refractivity contribution in [2.75, 3.05) is 36.8 Å². The van der Waals surface area contributed by atoms with Gasteiger partial charge in [0.15, 0.2) is 0 Å². The molecular formula is C14H22BrN5O. The number of amides is 1. The van der Waals surface area contributed by atoms with Crippen LogP contribution in [0.4, 0.5) is 11.8 Å². The Hall–Kier alpha value is -1.37. The second kappa shape index (κ2) is 8.17. The zero-order valence-corrected chi connectivity index (χ0v) is 13.9. The first-order valence-electron chi connectivity index (χ1n) is 7.48. The molecule has 0 saturated carbocycles. The maximum absolute atomic E-state index is 12.1. The molecule has 1 aromatic heterocycles. The summed E-state index contributed by atoms with van der Waals surface area (Å²) in [5.41, 5.74) is 0. The number of carbonyl (C=O) groups excluding carboxylic acids is 1. The Balaban J connectivity index is 1.82. The molecule has 1 aliphatic rings. The first-order chi connectivity index (χ1) is 10.2. The number of hydrogen-bond acceptors (Lipinski definition) is 5. The molecule has 6 nitrogen and oxygen atoms in total. The molecule has 1 saturated heterocycles. The summed E-state index contributed by atoms with van der Waals surface area (Å²) in [6.45, 7) is 5.15. The van der Waals surface area contributed by atoms with Gasteiger partial charge in [-0.15, -0.1) is 0 Å². The molecule has 2 N–H and O–H groups in total. The largest absolute Gasteiger partial charge is 0.368 e. The highest BCUT2D eigenvalue weighted by Crippen LogP contribution is 2.20. The van der Waals surface area contributed by atoms with Gasteiger partial charge in [0.2, 0.25) is 11.9 Å². The molecule has 0 atom stereocenters. The van der Waals surface area contributed by atoms with Crippen molar-refractivity contribution in [3.05, 3.63) is 10.7 Å². The summed E-state index contributed by atoms with van der Waals surface area (Å²) in [7, 11) is 0. The second-order valence-electron chi connectivity index (χ2n) is 5.04. The van der Waals surface area contributed by atoms with Gasteiger partial charge in [0, 0.05) is 38.8 Å². The minimum atomic E-state index is 0.222. The smallest absolute Gasteiger partial charge is 0.224 e. The lowest BCUT2D eigenvalue weighted by Crippen LogP contribution is -2.36. The Labute approximate surface area is 133 Å². The van der Waals surface area contributed by atoms with Crippen molar-refractivity contribution in [1.29, 1.82) is 0 Å². The van der Waals surface area contributed by atoms with Crippen molar-refractivity contribution < 1.29 is 4.79 Å². The van der Waals surface area contributed by atoms with E-state index in [1.54, 1.807) is 6.20 Å². The van der Waals surface area contributed by atoms with E-state index in [1.165, 1.54) is 6.42 Å². The number of hydrogen-bond donors (Lipinski definition) is 2. The maximum atomic E-state index is 12.1. The average molecular weight is 356 g/mol. The molecule has 1 aliphatic heterocycles. The molecule has 1 fully saturated rings. The van der Waals surface area contributed by atoms with Crippen molar-refractivity contribution in [2.45, 2.75) is 32.6 Å². The fourth-order valence-electron chi connectivity index (χ4n) is 2.32. The SMILES string of the molecule is CCNc1ncc(Br)c(NCCC(=O)N2CCCCC2)n1. The van der Waals surface area contributed by atoms with Crippen LogP contribution >= 0.6 is 15.9 Å². The highest BCUT2D eigenvalue weighted by molar-refractivity contribution is 9.10. The molecule has 116 valence electrons. The van der Waals surface area contributed by atoms with Crippen molar-refractivity contribution in [1.82, 2.24) is 14.9 Å². The first kappa shape index (κ1) is 16.0. The topological polar surface area (TPSA) is 70.2 Å². The van der Waals surface area contributed by atoms with Crippen LogP contribution in [0.1, 0.15) is 32.6 Å². The van der Waals surface area contributed by atoms with E-state index < -0.39 is 0 Å². The molecule has 0 aliphatic carbocycles. The van der Waals surface area contributed by atoms with Crippen molar-refractivity contribution in [2.24, 2.45) is 0 Å². The lowest BCUT2D eigenvalue weighted by molar-refractivity contribution is -0.131. The normalized spacial score (nSPS) is 14.9. The van der Waals surface area contributed by atoms with Gasteiger partial charge in [0.1, 0.15) is 5.82 Å². The molecule has 1 amide bonds. The van der Waals surface area contributed by atoms with E-state index in [-0.39, 0.29) is 5.91 Å². The summed E-state index contributed by atoms with van der Waals surface area (Å²) >= 11 is 3.41. The number of nitrogens with zero attached hydrogens (tertiary/aromatic N) is 3. The van der Waals surface area contributed by atoms with Crippen LogP contribution in [0.15, 0.2) is 10.7 Å². The molecule has 0 radical (unpaired) electrons. The van der Waals surface area contributed by atoms with Gasteiger partial charge in [-0.2, -0.15) is 4.98 Å². The lowest BCUT2D eigenvalue weighted by Gasteiger charge is -2.26. The average Bonchev–Trinajstić information content (AvgIpc) is 2.51. The molecule has 0 aromatic carbocycles. The molecule has 2 rings (SSSR count). The Morgan fingerprint density at radius 1 is 1.33 bits per heavy atom. The lowest BCUT2D eigenvalue weighted by atomic mass is 10.1. The van der Waals surface area contributed by atoms with Gasteiger partial charge in [-0.1, -0.05) is 0 Å². The van der Waals surface area contributed by atoms with Gasteiger partial charge in [-0.3, -0.25) is 4.79 Å². The van der Waals surface area contributed by atoms with Crippen molar-refractivity contribution in [3.8, 4) is 0 Å². The third-order valence-corrected chi connectivity index (χ3v) is 4.00. The van der Waals surface area contributed by atoms with Crippen molar-refractivity contribution in [3.63, 3.8) is 0 Å². The Morgan fingerprint density at radius 3 is 2.81 bits per heavy atom. The zero-order valence-electron chi connectivity index (χ0n) is 12.4. The van der Waals surface area contributed by atoms with Crippen LogP contribution in [0.2, 0.25) is 0 Å². The number of halogens is 1. The monoisotopic (exact) mass is 355 g/mol. The van der Waals surface area contributed by atoms with Gasteiger partial charge in [0.05, 0.1) is 4.47 Å². The van der Waals surface area contributed by atoms with Crippen LogP contribution in [0.3, 0.4) is 0 Å². The molecular weight excluding hydrogens is 334 g/mol. The number of nitrogens with one attached hydrogen (secondary N) is 2. The van der Waals surface area contributed by atoms with Gasteiger partial charge >= 0.3 is 0 Å². The van der Waals surface area contributed by atoms with E-state index in [4.69, 9.17) is 0 Å². The van der Waals surface area contributed by atoms with Gasteiger partial charge in [0.25, 0.3) is 0 Å². The van der Waals surface area contributed by atoms with E-state index in [2.05, 4.69) is 36.5 Å². The molecule has 0 spiro atoms.